The maximum Gasteiger partial charge on any atom is 0.308 e. The summed E-state index contributed by atoms with van der Waals surface area (Å²) in [5.41, 5.74) is 1.76. The number of carbonyl (C=O) groups excluding carboxylic acids is 1. The van der Waals surface area contributed by atoms with E-state index in [2.05, 4.69) is 0 Å². The van der Waals surface area contributed by atoms with Gasteiger partial charge < -0.3 is 14.6 Å². The number of hydrogen-bond donors (Lipinski definition) is 1. The smallest absolute Gasteiger partial charge is 0.308 e. The standard InChI is InChI=1S/C18H20O4/c1-2-21-18(20)12-17(19)15-8-10-16(11-9-15)22-13-14-6-4-3-5-7-14/h3-11,17,19H,2,12-13H2,1H3/t17-/m0/s1. The zero-order valence-electron chi connectivity index (χ0n) is 12.6. The van der Waals surface area contributed by atoms with Crippen LogP contribution in [0.4, 0.5) is 0 Å². The monoisotopic (exact) mass is 300 g/mol. The normalized spacial score (nSPS) is 11.7. The van der Waals surface area contributed by atoms with Crippen molar-refractivity contribution in [3.8, 4) is 5.75 Å². The number of hydrogen-bond acceptors (Lipinski definition) is 4. The summed E-state index contributed by atoms with van der Waals surface area (Å²) < 4.78 is 10.5. The largest absolute Gasteiger partial charge is 0.489 e. The van der Waals surface area contributed by atoms with Gasteiger partial charge in [0.05, 0.1) is 19.1 Å². The second-order valence-corrected chi connectivity index (χ2v) is 4.87. The van der Waals surface area contributed by atoms with Crippen molar-refractivity contribution in [3.63, 3.8) is 0 Å². The van der Waals surface area contributed by atoms with Crippen molar-refractivity contribution in [2.24, 2.45) is 0 Å². The summed E-state index contributed by atoms with van der Waals surface area (Å²) in [6.45, 7) is 2.55. The molecule has 0 aliphatic carbocycles. The Labute approximate surface area is 130 Å². The predicted octanol–water partition coefficient (Wildman–Crippen LogP) is 3.25. The van der Waals surface area contributed by atoms with Crippen LogP contribution in [0.25, 0.3) is 0 Å². The molecule has 0 saturated heterocycles. The van der Waals surface area contributed by atoms with Crippen molar-refractivity contribution in [3.05, 3.63) is 65.7 Å². The molecule has 116 valence electrons. The molecule has 2 aromatic carbocycles. The lowest BCUT2D eigenvalue weighted by Crippen LogP contribution is -2.10. The summed E-state index contributed by atoms with van der Waals surface area (Å²) in [6.07, 6.45) is -0.903. The van der Waals surface area contributed by atoms with Crippen molar-refractivity contribution in [2.45, 2.75) is 26.1 Å². The van der Waals surface area contributed by atoms with Crippen LogP contribution in [-0.2, 0) is 16.1 Å². The maximum atomic E-state index is 11.3. The molecule has 0 heterocycles. The van der Waals surface area contributed by atoms with Crippen molar-refractivity contribution in [1.29, 1.82) is 0 Å². The Morgan fingerprint density at radius 2 is 1.77 bits per heavy atom. The first kappa shape index (κ1) is 16.0. The second kappa shape index (κ2) is 8.20. The van der Waals surface area contributed by atoms with Gasteiger partial charge in [-0.05, 0) is 30.2 Å². The van der Waals surface area contributed by atoms with E-state index in [1.165, 1.54) is 0 Å². The number of aliphatic hydroxyl groups excluding tert-OH is 1. The van der Waals surface area contributed by atoms with Gasteiger partial charge in [0, 0.05) is 0 Å². The molecule has 0 saturated carbocycles. The van der Waals surface area contributed by atoms with Gasteiger partial charge in [0.2, 0.25) is 0 Å². The summed E-state index contributed by atoms with van der Waals surface area (Å²) in [5, 5.41) is 9.97. The van der Waals surface area contributed by atoms with E-state index in [4.69, 9.17) is 9.47 Å². The third kappa shape index (κ3) is 4.90. The Bertz CT molecular complexity index is 578. The molecule has 0 aliphatic heterocycles. The fraction of sp³-hybridized carbons (Fsp3) is 0.278. The van der Waals surface area contributed by atoms with E-state index in [9.17, 15) is 9.90 Å². The predicted molar refractivity (Wildman–Crippen MR) is 83.4 cm³/mol. The molecule has 2 aromatic rings. The Morgan fingerprint density at radius 1 is 1.09 bits per heavy atom. The number of benzene rings is 2. The van der Waals surface area contributed by atoms with Gasteiger partial charge >= 0.3 is 5.97 Å². The zero-order chi connectivity index (χ0) is 15.8. The molecule has 0 spiro atoms. The highest BCUT2D eigenvalue weighted by Gasteiger charge is 2.13. The molecule has 0 fully saturated rings. The molecule has 0 bridgehead atoms. The number of esters is 1. The molecule has 0 radical (unpaired) electrons. The first-order chi connectivity index (χ1) is 10.7. The molecule has 22 heavy (non-hydrogen) atoms. The second-order valence-electron chi connectivity index (χ2n) is 4.87. The Morgan fingerprint density at radius 3 is 2.41 bits per heavy atom. The van der Waals surface area contributed by atoms with Gasteiger partial charge in [0.25, 0.3) is 0 Å². The van der Waals surface area contributed by atoms with Crippen LogP contribution in [0.3, 0.4) is 0 Å². The van der Waals surface area contributed by atoms with Gasteiger partial charge in [-0.1, -0.05) is 42.5 Å². The van der Waals surface area contributed by atoms with Gasteiger partial charge in [-0.3, -0.25) is 4.79 Å². The van der Waals surface area contributed by atoms with Gasteiger partial charge in [0.1, 0.15) is 12.4 Å². The van der Waals surface area contributed by atoms with E-state index in [1.807, 2.05) is 30.3 Å². The topological polar surface area (TPSA) is 55.8 Å². The Kier molecular flexibility index (Phi) is 5.98. The van der Waals surface area contributed by atoms with Crippen LogP contribution in [0.1, 0.15) is 30.6 Å². The van der Waals surface area contributed by atoms with Gasteiger partial charge in [-0.15, -0.1) is 0 Å². The van der Waals surface area contributed by atoms with E-state index in [0.717, 1.165) is 11.3 Å². The van der Waals surface area contributed by atoms with Crippen LogP contribution in [0, 0.1) is 0 Å². The van der Waals surface area contributed by atoms with Crippen LogP contribution in [0.2, 0.25) is 0 Å². The minimum atomic E-state index is -0.859. The van der Waals surface area contributed by atoms with Gasteiger partial charge in [-0.25, -0.2) is 0 Å². The van der Waals surface area contributed by atoms with Gasteiger partial charge in [-0.2, -0.15) is 0 Å². The van der Waals surface area contributed by atoms with Crippen molar-refractivity contribution < 1.29 is 19.4 Å². The van der Waals surface area contributed by atoms with E-state index in [1.54, 1.807) is 31.2 Å². The fourth-order valence-electron chi connectivity index (χ4n) is 2.02. The number of ether oxygens (including phenoxy) is 2. The van der Waals surface area contributed by atoms with E-state index in [0.29, 0.717) is 18.8 Å². The van der Waals surface area contributed by atoms with E-state index >= 15 is 0 Å². The summed E-state index contributed by atoms with van der Waals surface area (Å²) in [4.78, 5) is 11.3. The number of aliphatic hydroxyl groups is 1. The van der Waals surface area contributed by atoms with Crippen LogP contribution >= 0.6 is 0 Å². The molecule has 2 rings (SSSR count). The van der Waals surface area contributed by atoms with Crippen LogP contribution in [-0.4, -0.2) is 17.7 Å². The first-order valence-corrected chi connectivity index (χ1v) is 7.29. The molecule has 0 aromatic heterocycles. The lowest BCUT2D eigenvalue weighted by molar-refractivity contribution is -0.145. The lowest BCUT2D eigenvalue weighted by atomic mass is 10.1. The average molecular weight is 300 g/mol. The summed E-state index contributed by atoms with van der Waals surface area (Å²) in [5.74, 6) is 0.315. The molecular weight excluding hydrogens is 280 g/mol. The van der Waals surface area contributed by atoms with Crippen LogP contribution < -0.4 is 4.74 Å². The number of carbonyl (C=O) groups is 1. The highest BCUT2D eigenvalue weighted by atomic mass is 16.5. The van der Waals surface area contributed by atoms with Gasteiger partial charge in [0.15, 0.2) is 0 Å². The van der Waals surface area contributed by atoms with Crippen molar-refractivity contribution >= 4 is 5.97 Å². The summed E-state index contributed by atoms with van der Waals surface area (Å²) >= 11 is 0. The SMILES string of the molecule is CCOC(=O)C[C@H](O)c1ccc(OCc2ccccc2)cc1. The maximum absolute atomic E-state index is 11.3. The quantitative estimate of drug-likeness (QED) is 0.797. The van der Waals surface area contributed by atoms with E-state index < -0.39 is 12.1 Å². The van der Waals surface area contributed by atoms with E-state index in [-0.39, 0.29) is 6.42 Å². The third-order valence-electron chi connectivity index (χ3n) is 3.18. The molecule has 1 atom stereocenters. The van der Waals surface area contributed by atoms with Crippen molar-refractivity contribution in [2.75, 3.05) is 6.61 Å². The van der Waals surface area contributed by atoms with Crippen LogP contribution in [0.5, 0.6) is 5.75 Å². The molecule has 1 N–H and O–H groups in total. The minimum absolute atomic E-state index is 0.0436. The molecule has 4 heteroatoms. The van der Waals surface area contributed by atoms with Crippen LogP contribution in [0.15, 0.2) is 54.6 Å². The summed E-state index contributed by atoms with van der Waals surface area (Å²) in [7, 11) is 0. The third-order valence-corrected chi connectivity index (χ3v) is 3.18. The molecule has 0 unspecified atom stereocenters. The highest BCUT2D eigenvalue weighted by molar-refractivity contribution is 5.70. The molecular formula is C18H20O4. The first-order valence-electron chi connectivity index (χ1n) is 7.29. The highest BCUT2D eigenvalue weighted by Crippen LogP contribution is 2.21. The zero-order valence-corrected chi connectivity index (χ0v) is 12.6. The number of rotatable bonds is 7. The Hall–Kier alpha value is -2.33. The fourth-order valence-corrected chi connectivity index (χ4v) is 2.02. The lowest BCUT2D eigenvalue weighted by Gasteiger charge is -2.11. The molecule has 0 amide bonds. The minimum Gasteiger partial charge on any atom is -0.489 e. The summed E-state index contributed by atoms with van der Waals surface area (Å²) in [6, 6.07) is 17.0. The van der Waals surface area contributed by atoms with Crippen molar-refractivity contribution in [1.82, 2.24) is 0 Å². The molecule has 0 aliphatic rings. The Balaban J connectivity index is 1.88. The molecule has 4 nitrogen and oxygen atoms in total. The average Bonchev–Trinajstić information content (AvgIpc) is 2.54.